The van der Waals surface area contributed by atoms with Gasteiger partial charge in [0.2, 0.25) is 0 Å². The molecule has 1 aromatic heterocycles. The first-order valence-electron chi connectivity index (χ1n) is 5.88. The van der Waals surface area contributed by atoms with Gasteiger partial charge in [-0.2, -0.15) is 5.10 Å². The summed E-state index contributed by atoms with van der Waals surface area (Å²) in [6.07, 6.45) is 7.03. The average molecular weight is 223 g/mol. The van der Waals surface area contributed by atoms with Crippen LogP contribution in [0.2, 0.25) is 0 Å². The summed E-state index contributed by atoms with van der Waals surface area (Å²) < 4.78 is 7.18. The van der Waals surface area contributed by atoms with Crippen LogP contribution in [-0.4, -0.2) is 29.5 Å². The number of aryl methyl sites for hydroxylation is 1. The van der Waals surface area contributed by atoms with Crippen LogP contribution in [0.25, 0.3) is 0 Å². The molecule has 0 amide bonds. The molecule has 4 heteroatoms. The molecule has 0 aromatic carbocycles. The molecule has 1 saturated carbocycles. The Balaban J connectivity index is 2.28. The zero-order valence-corrected chi connectivity index (χ0v) is 10.7. The Morgan fingerprint density at radius 2 is 2.06 bits per heavy atom. The van der Waals surface area contributed by atoms with Crippen molar-refractivity contribution in [2.24, 2.45) is 7.05 Å². The summed E-state index contributed by atoms with van der Waals surface area (Å²) in [7, 11) is 5.75. The van der Waals surface area contributed by atoms with E-state index in [4.69, 9.17) is 4.74 Å². The van der Waals surface area contributed by atoms with Crippen LogP contribution in [0.15, 0.2) is 6.20 Å². The molecule has 1 aliphatic rings. The van der Waals surface area contributed by atoms with Crippen LogP contribution in [0.1, 0.15) is 32.6 Å². The van der Waals surface area contributed by atoms with Crippen LogP contribution < -0.4 is 9.64 Å². The first kappa shape index (κ1) is 11.3. The van der Waals surface area contributed by atoms with E-state index in [1.807, 2.05) is 17.9 Å². The number of methoxy groups -OCH3 is 1. The number of hydrogen-bond acceptors (Lipinski definition) is 3. The quantitative estimate of drug-likeness (QED) is 0.787. The Morgan fingerprint density at radius 3 is 2.62 bits per heavy atom. The average Bonchev–Trinajstić information content (AvgIpc) is 2.84. The fourth-order valence-corrected chi connectivity index (χ4v) is 2.56. The summed E-state index contributed by atoms with van der Waals surface area (Å²) in [5, 5.41) is 4.49. The number of anilines is 1. The minimum absolute atomic E-state index is 0.238. The van der Waals surface area contributed by atoms with E-state index in [0.717, 1.165) is 11.6 Å². The summed E-state index contributed by atoms with van der Waals surface area (Å²) in [6.45, 7) is 2.31. The van der Waals surface area contributed by atoms with Crippen molar-refractivity contribution in [3.63, 3.8) is 0 Å². The molecule has 0 unspecified atom stereocenters. The highest BCUT2D eigenvalue weighted by molar-refractivity contribution is 5.53. The zero-order chi connectivity index (χ0) is 11.8. The fourth-order valence-electron chi connectivity index (χ4n) is 2.56. The standard InChI is InChI=1S/C12H21N3O/c1-12(7-5-6-8-12)15(3)11-10(16-4)9-14(2)13-11/h9H,5-8H2,1-4H3. The number of rotatable bonds is 3. The van der Waals surface area contributed by atoms with Crippen LogP contribution in [0.5, 0.6) is 5.75 Å². The van der Waals surface area contributed by atoms with Crippen molar-refractivity contribution in [2.45, 2.75) is 38.1 Å². The molecule has 0 radical (unpaired) electrons. The fraction of sp³-hybridized carbons (Fsp3) is 0.750. The van der Waals surface area contributed by atoms with Gasteiger partial charge < -0.3 is 9.64 Å². The molecular formula is C12H21N3O. The van der Waals surface area contributed by atoms with Crippen molar-refractivity contribution in [1.82, 2.24) is 9.78 Å². The van der Waals surface area contributed by atoms with Gasteiger partial charge in [-0.1, -0.05) is 12.8 Å². The summed E-state index contributed by atoms with van der Waals surface area (Å²) in [4.78, 5) is 2.28. The summed E-state index contributed by atoms with van der Waals surface area (Å²) >= 11 is 0. The summed E-state index contributed by atoms with van der Waals surface area (Å²) in [5.74, 6) is 1.81. The second kappa shape index (κ2) is 4.00. The molecule has 0 aliphatic heterocycles. The van der Waals surface area contributed by atoms with Gasteiger partial charge in [0.25, 0.3) is 0 Å². The van der Waals surface area contributed by atoms with Gasteiger partial charge in [-0.05, 0) is 19.8 Å². The maximum atomic E-state index is 5.37. The highest BCUT2D eigenvalue weighted by Crippen LogP contribution is 2.39. The van der Waals surface area contributed by atoms with E-state index in [0.29, 0.717) is 0 Å². The molecule has 0 saturated heterocycles. The summed E-state index contributed by atoms with van der Waals surface area (Å²) in [5.41, 5.74) is 0.238. The molecule has 0 N–H and O–H groups in total. The van der Waals surface area contributed by atoms with E-state index in [1.54, 1.807) is 7.11 Å². The van der Waals surface area contributed by atoms with Gasteiger partial charge in [0, 0.05) is 19.6 Å². The molecule has 16 heavy (non-hydrogen) atoms. The molecule has 1 aromatic rings. The number of aromatic nitrogens is 2. The molecule has 90 valence electrons. The van der Waals surface area contributed by atoms with Gasteiger partial charge >= 0.3 is 0 Å². The minimum Gasteiger partial charge on any atom is -0.491 e. The Bertz CT molecular complexity index is 366. The van der Waals surface area contributed by atoms with E-state index in [9.17, 15) is 0 Å². The van der Waals surface area contributed by atoms with E-state index < -0.39 is 0 Å². The smallest absolute Gasteiger partial charge is 0.193 e. The van der Waals surface area contributed by atoms with E-state index >= 15 is 0 Å². The van der Waals surface area contributed by atoms with E-state index in [1.165, 1.54) is 25.7 Å². The summed E-state index contributed by atoms with van der Waals surface area (Å²) in [6, 6.07) is 0. The Labute approximate surface area is 97.2 Å². The van der Waals surface area contributed by atoms with Crippen LogP contribution in [0, 0.1) is 0 Å². The molecule has 1 aliphatic carbocycles. The second-order valence-electron chi connectivity index (χ2n) is 4.96. The van der Waals surface area contributed by atoms with Crippen molar-refractivity contribution in [2.75, 3.05) is 19.1 Å². The van der Waals surface area contributed by atoms with Gasteiger partial charge in [-0.3, -0.25) is 4.68 Å². The molecule has 1 fully saturated rings. The van der Waals surface area contributed by atoms with Gasteiger partial charge in [0.05, 0.1) is 13.3 Å². The number of nitrogens with zero attached hydrogens (tertiary/aromatic N) is 3. The molecule has 0 atom stereocenters. The highest BCUT2D eigenvalue weighted by Gasteiger charge is 2.35. The van der Waals surface area contributed by atoms with Gasteiger partial charge in [-0.15, -0.1) is 0 Å². The van der Waals surface area contributed by atoms with Crippen molar-refractivity contribution in [1.29, 1.82) is 0 Å². The lowest BCUT2D eigenvalue weighted by molar-refractivity contribution is 0.403. The van der Waals surface area contributed by atoms with E-state index in [2.05, 4.69) is 24.0 Å². The predicted octanol–water partition coefficient (Wildman–Crippen LogP) is 2.20. The first-order valence-corrected chi connectivity index (χ1v) is 5.88. The number of ether oxygens (including phenoxy) is 1. The normalized spacial score (nSPS) is 18.8. The van der Waals surface area contributed by atoms with Crippen LogP contribution in [-0.2, 0) is 7.05 Å². The topological polar surface area (TPSA) is 30.3 Å². The molecule has 4 nitrogen and oxygen atoms in total. The van der Waals surface area contributed by atoms with Crippen molar-refractivity contribution < 1.29 is 4.74 Å². The van der Waals surface area contributed by atoms with Gasteiger partial charge in [-0.25, -0.2) is 0 Å². The molecule has 0 spiro atoms. The van der Waals surface area contributed by atoms with Crippen molar-refractivity contribution in [3.8, 4) is 5.75 Å². The lowest BCUT2D eigenvalue weighted by Gasteiger charge is -2.35. The van der Waals surface area contributed by atoms with Gasteiger partial charge in [0.15, 0.2) is 11.6 Å². The largest absolute Gasteiger partial charge is 0.491 e. The van der Waals surface area contributed by atoms with Gasteiger partial charge in [0.1, 0.15) is 0 Å². The van der Waals surface area contributed by atoms with Crippen molar-refractivity contribution >= 4 is 5.82 Å². The Kier molecular flexibility index (Phi) is 2.82. The first-order chi connectivity index (χ1) is 7.57. The monoisotopic (exact) mass is 223 g/mol. The minimum atomic E-state index is 0.238. The van der Waals surface area contributed by atoms with Crippen molar-refractivity contribution in [3.05, 3.63) is 6.20 Å². The lowest BCUT2D eigenvalue weighted by atomic mass is 9.99. The molecule has 2 rings (SSSR count). The molecule has 0 bridgehead atoms. The maximum Gasteiger partial charge on any atom is 0.193 e. The third kappa shape index (κ3) is 1.77. The third-order valence-corrected chi connectivity index (χ3v) is 3.81. The third-order valence-electron chi connectivity index (χ3n) is 3.81. The Hall–Kier alpha value is -1.19. The lowest BCUT2D eigenvalue weighted by Crippen LogP contribution is -2.41. The number of hydrogen-bond donors (Lipinski definition) is 0. The van der Waals surface area contributed by atoms with Crippen LogP contribution in [0.3, 0.4) is 0 Å². The van der Waals surface area contributed by atoms with E-state index in [-0.39, 0.29) is 5.54 Å². The van der Waals surface area contributed by atoms with Crippen LogP contribution >= 0.6 is 0 Å². The molecule has 1 heterocycles. The highest BCUT2D eigenvalue weighted by atomic mass is 16.5. The maximum absolute atomic E-state index is 5.37. The van der Waals surface area contributed by atoms with Crippen LogP contribution in [0.4, 0.5) is 5.82 Å². The molecular weight excluding hydrogens is 202 g/mol. The SMILES string of the molecule is COc1cn(C)nc1N(C)C1(C)CCCC1. The predicted molar refractivity (Wildman–Crippen MR) is 65.0 cm³/mol. The second-order valence-corrected chi connectivity index (χ2v) is 4.96. The zero-order valence-electron chi connectivity index (χ0n) is 10.7. The Morgan fingerprint density at radius 1 is 1.44 bits per heavy atom.